The molecule has 0 bridgehead atoms. The van der Waals surface area contributed by atoms with Crippen molar-refractivity contribution in [2.45, 2.75) is 33.9 Å². The van der Waals surface area contributed by atoms with Crippen LogP contribution in [0.5, 0.6) is 0 Å². The zero-order chi connectivity index (χ0) is 13.1. The van der Waals surface area contributed by atoms with E-state index in [4.69, 9.17) is 11.6 Å². The van der Waals surface area contributed by atoms with Crippen LogP contribution >= 0.6 is 11.6 Å². The molecule has 0 fully saturated rings. The summed E-state index contributed by atoms with van der Waals surface area (Å²) in [5.41, 5.74) is -0.859. The molecule has 5 heteroatoms. The molecule has 0 radical (unpaired) electrons. The Bertz CT molecular complexity index is 332. The zero-order valence-corrected chi connectivity index (χ0v) is 10.5. The van der Waals surface area contributed by atoms with Crippen molar-refractivity contribution in [3.63, 3.8) is 0 Å². The SMILES string of the molecule is C=N/C(=C(Cl)\C=C(/C)C(F)(F)F)C(C)(C)C. The lowest BCUT2D eigenvalue weighted by Crippen LogP contribution is -2.11. The maximum Gasteiger partial charge on any atom is 0.412 e. The first kappa shape index (κ1) is 15.2. The van der Waals surface area contributed by atoms with Crippen LogP contribution in [0.25, 0.3) is 0 Å². The second-order valence-electron chi connectivity index (χ2n) is 4.43. The summed E-state index contributed by atoms with van der Waals surface area (Å²) in [4.78, 5) is 3.68. The predicted octanol–water partition coefficient (Wildman–Crippen LogP) is 4.69. The Morgan fingerprint density at radius 1 is 1.25 bits per heavy atom. The minimum atomic E-state index is -4.37. The van der Waals surface area contributed by atoms with Crippen molar-refractivity contribution < 1.29 is 13.2 Å². The van der Waals surface area contributed by atoms with Gasteiger partial charge in [-0.1, -0.05) is 32.4 Å². The van der Waals surface area contributed by atoms with Gasteiger partial charge in [-0.2, -0.15) is 13.2 Å². The highest BCUT2D eigenvalue weighted by atomic mass is 35.5. The fraction of sp³-hybridized carbons (Fsp3) is 0.545. The van der Waals surface area contributed by atoms with Crippen molar-refractivity contribution in [1.29, 1.82) is 0 Å². The van der Waals surface area contributed by atoms with E-state index >= 15 is 0 Å². The Morgan fingerprint density at radius 2 is 1.69 bits per heavy atom. The van der Waals surface area contributed by atoms with Crippen LogP contribution in [0.2, 0.25) is 0 Å². The number of aliphatic imine (C=N–C) groups is 1. The first-order valence-electron chi connectivity index (χ1n) is 4.62. The molecule has 0 rings (SSSR count). The predicted molar refractivity (Wildman–Crippen MR) is 61.7 cm³/mol. The highest BCUT2D eigenvalue weighted by molar-refractivity contribution is 6.31. The van der Waals surface area contributed by atoms with E-state index < -0.39 is 17.2 Å². The van der Waals surface area contributed by atoms with Crippen molar-refractivity contribution in [2.24, 2.45) is 10.4 Å². The van der Waals surface area contributed by atoms with E-state index in [-0.39, 0.29) is 5.03 Å². The zero-order valence-electron chi connectivity index (χ0n) is 9.74. The molecule has 0 atom stereocenters. The van der Waals surface area contributed by atoms with E-state index in [0.717, 1.165) is 13.0 Å². The molecule has 0 aromatic heterocycles. The van der Waals surface area contributed by atoms with Gasteiger partial charge in [0.1, 0.15) is 0 Å². The van der Waals surface area contributed by atoms with Crippen molar-refractivity contribution >= 4 is 18.3 Å². The molecule has 0 spiro atoms. The molecule has 0 aromatic rings. The highest BCUT2D eigenvalue weighted by Crippen LogP contribution is 2.33. The summed E-state index contributed by atoms with van der Waals surface area (Å²) in [6.07, 6.45) is -3.50. The third-order valence-electron chi connectivity index (χ3n) is 1.89. The van der Waals surface area contributed by atoms with Crippen LogP contribution < -0.4 is 0 Å². The molecule has 0 amide bonds. The monoisotopic (exact) mass is 253 g/mol. The second-order valence-corrected chi connectivity index (χ2v) is 4.84. The van der Waals surface area contributed by atoms with Gasteiger partial charge in [0.05, 0.1) is 10.7 Å². The quantitative estimate of drug-likeness (QED) is 0.500. The second kappa shape index (κ2) is 5.04. The van der Waals surface area contributed by atoms with Gasteiger partial charge >= 0.3 is 6.18 Å². The first-order chi connectivity index (χ1) is 7.00. The van der Waals surface area contributed by atoms with E-state index in [1.165, 1.54) is 0 Å². The van der Waals surface area contributed by atoms with E-state index in [9.17, 15) is 13.2 Å². The third kappa shape index (κ3) is 4.39. The third-order valence-corrected chi connectivity index (χ3v) is 2.17. The number of hydrogen-bond donors (Lipinski definition) is 0. The van der Waals surface area contributed by atoms with Gasteiger partial charge in [0.2, 0.25) is 0 Å². The van der Waals surface area contributed by atoms with Gasteiger partial charge in [-0.25, -0.2) is 0 Å². The average Bonchev–Trinajstić information content (AvgIpc) is 2.00. The average molecular weight is 254 g/mol. The molecule has 1 nitrogen and oxygen atoms in total. The van der Waals surface area contributed by atoms with E-state index in [1.807, 2.05) is 0 Å². The maximum atomic E-state index is 12.3. The molecule has 0 aliphatic carbocycles. The molecular weight excluding hydrogens is 239 g/mol. The lowest BCUT2D eigenvalue weighted by atomic mass is 9.91. The van der Waals surface area contributed by atoms with Gasteiger partial charge in [0, 0.05) is 11.0 Å². The smallest absolute Gasteiger partial charge is 0.267 e. The summed E-state index contributed by atoms with van der Waals surface area (Å²) < 4.78 is 36.8. The fourth-order valence-electron chi connectivity index (χ4n) is 1.01. The van der Waals surface area contributed by atoms with Gasteiger partial charge < -0.3 is 0 Å². The van der Waals surface area contributed by atoms with Crippen molar-refractivity contribution in [1.82, 2.24) is 0 Å². The fourth-order valence-corrected chi connectivity index (χ4v) is 1.52. The first-order valence-corrected chi connectivity index (χ1v) is 5.00. The summed E-state index contributed by atoms with van der Waals surface area (Å²) in [6.45, 7) is 9.68. The minimum absolute atomic E-state index is 0.0303. The largest absolute Gasteiger partial charge is 0.412 e. The molecular formula is C11H15ClF3N. The van der Waals surface area contributed by atoms with E-state index in [1.54, 1.807) is 20.8 Å². The number of rotatable bonds is 2. The van der Waals surface area contributed by atoms with Crippen molar-refractivity contribution in [2.75, 3.05) is 0 Å². The maximum absolute atomic E-state index is 12.3. The van der Waals surface area contributed by atoms with E-state index in [2.05, 4.69) is 11.7 Å². The van der Waals surface area contributed by atoms with Gasteiger partial charge in [0.25, 0.3) is 0 Å². The molecule has 0 saturated carbocycles. The van der Waals surface area contributed by atoms with Crippen molar-refractivity contribution in [3.05, 3.63) is 22.4 Å². The number of alkyl halides is 3. The Labute approximate surface area is 98.7 Å². The Kier molecular flexibility index (Phi) is 4.80. The van der Waals surface area contributed by atoms with Gasteiger partial charge in [-0.15, -0.1) is 0 Å². The topological polar surface area (TPSA) is 12.4 Å². The van der Waals surface area contributed by atoms with Crippen LogP contribution in [0.15, 0.2) is 27.4 Å². The van der Waals surface area contributed by atoms with Gasteiger partial charge in [-0.05, 0) is 19.7 Å². The van der Waals surface area contributed by atoms with Crippen LogP contribution in [-0.4, -0.2) is 12.9 Å². The summed E-state index contributed by atoms with van der Waals surface area (Å²) in [7, 11) is 0. The van der Waals surface area contributed by atoms with Gasteiger partial charge in [0.15, 0.2) is 0 Å². The molecule has 92 valence electrons. The number of halogens is 4. The Hall–Kier alpha value is -0.770. The normalized spacial score (nSPS) is 15.9. The lowest BCUT2D eigenvalue weighted by Gasteiger charge is -2.20. The summed E-state index contributed by atoms with van der Waals surface area (Å²) in [6, 6.07) is 0. The number of allylic oxidation sites excluding steroid dienone is 4. The van der Waals surface area contributed by atoms with Crippen LogP contribution in [0, 0.1) is 5.41 Å². The summed E-state index contributed by atoms with van der Waals surface area (Å²) in [5, 5.41) is -0.0303. The number of nitrogens with zero attached hydrogens (tertiary/aromatic N) is 1. The van der Waals surface area contributed by atoms with Crippen LogP contribution in [0.3, 0.4) is 0 Å². The molecule has 0 aromatic carbocycles. The minimum Gasteiger partial charge on any atom is -0.267 e. The molecule has 0 aliphatic heterocycles. The molecule has 0 N–H and O–H groups in total. The summed E-state index contributed by atoms with van der Waals surface area (Å²) in [5.74, 6) is 0. The number of hydrogen-bond acceptors (Lipinski definition) is 1. The molecule has 0 saturated heterocycles. The van der Waals surface area contributed by atoms with Crippen LogP contribution in [0.1, 0.15) is 27.7 Å². The lowest BCUT2D eigenvalue weighted by molar-refractivity contribution is -0.0913. The highest BCUT2D eigenvalue weighted by Gasteiger charge is 2.30. The van der Waals surface area contributed by atoms with Gasteiger partial charge in [-0.3, -0.25) is 4.99 Å². The summed E-state index contributed by atoms with van der Waals surface area (Å²) >= 11 is 5.80. The molecule has 0 heterocycles. The van der Waals surface area contributed by atoms with Crippen LogP contribution in [-0.2, 0) is 0 Å². The van der Waals surface area contributed by atoms with Crippen molar-refractivity contribution in [3.8, 4) is 0 Å². The molecule has 16 heavy (non-hydrogen) atoms. The Morgan fingerprint density at radius 3 is 1.94 bits per heavy atom. The van der Waals surface area contributed by atoms with E-state index in [0.29, 0.717) is 5.70 Å². The van der Waals surface area contributed by atoms with Crippen LogP contribution in [0.4, 0.5) is 13.2 Å². The molecule has 0 aliphatic rings. The standard InChI is InChI=1S/C11H15ClF3N/c1-7(11(13,14)15)6-8(12)9(16-5)10(2,3)4/h6H,5H2,1-4H3/b7-6+,9-8+. The molecule has 0 unspecified atom stereocenters. The Balaban J connectivity index is 5.41.